The lowest BCUT2D eigenvalue weighted by atomic mass is 9.94. The Balaban J connectivity index is 1.21. The third-order valence-electron chi connectivity index (χ3n) is 5.71. The monoisotopic (exact) mass is 430 g/mol. The Labute approximate surface area is 180 Å². The van der Waals surface area contributed by atoms with Crippen LogP contribution in [0.3, 0.4) is 0 Å². The van der Waals surface area contributed by atoms with Gasteiger partial charge in [0.15, 0.2) is 5.67 Å². The van der Waals surface area contributed by atoms with Gasteiger partial charge in [-0.15, -0.1) is 0 Å². The summed E-state index contributed by atoms with van der Waals surface area (Å²) >= 11 is 0. The highest BCUT2D eigenvalue weighted by Crippen LogP contribution is 2.29. The van der Waals surface area contributed by atoms with Crippen molar-refractivity contribution in [2.45, 2.75) is 76.4 Å². The number of nitriles is 1. The van der Waals surface area contributed by atoms with E-state index >= 15 is 0 Å². The topological polar surface area (TPSA) is 110 Å². The lowest BCUT2D eigenvalue weighted by Gasteiger charge is -2.35. The molecule has 1 aliphatic heterocycles. The van der Waals surface area contributed by atoms with Crippen molar-refractivity contribution in [1.82, 2.24) is 20.1 Å². The van der Waals surface area contributed by atoms with Crippen molar-refractivity contribution in [3.63, 3.8) is 0 Å². The summed E-state index contributed by atoms with van der Waals surface area (Å²) in [5.41, 5.74) is -1.40. The smallest absolute Gasteiger partial charge is 0.324 e. The third-order valence-corrected chi connectivity index (χ3v) is 5.71. The largest absolute Gasteiger partial charge is 0.472 e. The van der Waals surface area contributed by atoms with E-state index in [1.807, 2.05) is 11.0 Å². The summed E-state index contributed by atoms with van der Waals surface area (Å²) in [7, 11) is 0. The zero-order valence-corrected chi connectivity index (χ0v) is 17.8. The first-order chi connectivity index (χ1) is 14.9. The molecule has 2 aromatic heterocycles. The Morgan fingerprint density at radius 1 is 1.06 bits per heavy atom. The molecule has 2 aromatic rings. The summed E-state index contributed by atoms with van der Waals surface area (Å²) in [6.45, 7) is 4.30. The van der Waals surface area contributed by atoms with E-state index in [0.717, 1.165) is 51.6 Å². The second kappa shape index (κ2) is 9.14. The van der Waals surface area contributed by atoms with Crippen molar-refractivity contribution in [3.8, 4) is 11.9 Å². The summed E-state index contributed by atoms with van der Waals surface area (Å²) in [6, 6.07) is 2.38. The van der Waals surface area contributed by atoms with E-state index in [0.29, 0.717) is 11.9 Å². The summed E-state index contributed by atoms with van der Waals surface area (Å²) in [5, 5.41) is 12.9. The number of anilines is 1. The maximum atomic E-state index is 14.0. The van der Waals surface area contributed by atoms with Gasteiger partial charge in [-0.05, 0) is 52.4 Å². The van der Waals surface area contributed by atoms with Crippen molar-refractivity contribution in [2.75, 3.05) is 18.0 Å². The average Bonchev–Trinajstić information content (AvgIpc) is 3.27. The number of hydrogen-bond donors (Lipinski definition) is 0. The Bertz CT molecular complexity index is 908. The van der Waals surface area contributed by atoms with Gasteiger partial charge in [0, 0.05) is 25.5 Å². The molecule has 0 amide bonds. The molecule has 0 aromatic carbocycles. The second-order valence-electron chi connectivity index (χ2n) is 8.53. The normalized spacial score (nSPS) is 22.8. The van der Waals surface area contributed by atoms with Crippen LogP contribution in [0, 0.1) is 11.3 Å². The van der Waals surface area contributed by atoms with Crippen molar-refractivity contribution in [3.05, 3.63) is 23.9 Å². The van der Waals surface area contributed by atoms with Gasteiger partial charge in [0.25, 0.3) is 5.88 Å². The van der Waals surface area contributed by atoms with Gasteiger partial charge in [-0.1, -0.05) is 5.16 Å². The number of hydrogen-bond acceptors (Lipinski definition) is 9. The van der Waals surface area contributed by atoms with Crippen molar-refractivity contribution in [1.29, 1.82) is 5.26 Å². The molecule has 0 bridgehead atoms. The number of alkyl halides is 1. The van der Waals surface area contributed by atoms with Gasteiger partial charge < -0.3 is 18.9 Å². The molecule has 1 saturated carbocycles. The van der Waals surface area contributed by atoms with Crippen LogP contribution in [0.4, 0.5) is 10.4 Å². The van der Waals surface area contributed by atoms with E-state index in [-0.39, 0.29) is 29.8 Å². The average molecular weight is 430 g/mol. The van der Waals surface area contributed by atoms with E-state index in [2.05, 4.69) is 20.1 Å². The highest BCUT2D eigenvalue weighted by molar-refractivity contribution is 5.30. The molecular formula is C21H27FN6O3. The molecule has 0 N–H and O–H groups in total. The summed E-state index contributed by atoms with van der Waals surface area (Å²) in [6.07, 6.45) is 8.68. The van der Waals surface area contributed by atoms with Crippen molar-refractivity contribution < 1.29 is 18.4 Å². The van der Waals surface area contributed by atoms with Gasteiger partial charge in [-0.3, -0.25) is 0 Å². The Hall–Kier alpha value is -2.80. The lowest BCUT2D eigenvalue weighted by Crippen LogP contribution is -2.40. The van der Waals surface area contributed by atoms with Crippen LogP contribution in [-0.4, -0.2) is 51.5 Å². The van der Waals surface area contributed by atoms with Crippen LogP contribution < -0.4 is 9.64 Å². The molecule has 2 aliphatic rings. The summed E-state index contributed by atoms with van der Waals surface area (Å²) < 4.78 is 31.4. The number of halogens is 1. The molecule has 4 rings (SSSR count). The van der Waals surface area contributed by atoms with Crippen LogP contribution in [0.25, 0.3) is 0 Å². The number of ether oxygens (including phenoxy) is 2. The molecule has 10 heteroatoms. The molecule has 2 fully saturated rings. The van der Waals surface area contributed by atoms with Crippen LogP contribution in [0.15, 0.2) is 16.9 Å². The molecule has 1 aliphatic carbocycles. The first-order valence-electron chi connectivity index (χ1n) is 10.7. The zero-order valence-electron chi connectivity index (χ0n) is 17.8. The minimum atomic E-state index is -1.62. The first kappa shape index (κ1) is 21.4. The molecule has 0 spiro atoms. The van der Waals surface area contributed by atoms with Gasteiger partial charge >= 0.3 is 6.01 Å². The van der Waals surface area contributed by atoms with Crippen LogP contribution in [0.2, 0.25) is 0 Å². The zero-order chi connectivity index (χ0) is 21.8. The van der Waals surface area contributed by atoms with E-state index in [4.69, 9.17) is 19.3 Å². The van der Waals surface area contributed by atoms with Crippen LogP contribution >= 0.6 is 0 Å². The van der Waals surface area contributed by atoms with Crippen molar-refractivity contribution in [2.24, 2.45) is 0 Å². The predicted molar refractivity (Wildman–Crippen MR) is 108 cm³/mol. The van der Waals surface area contributed by atoms with E-state index in [1.54, 1.807) is 0 Å². The molecule has 3 heterocycles. The fourth-order valence-corrected chi connectivity index (χ4v) is 3.97. The van der Waals surface area contributed by atoms with E-state index < -0.39 is 5.67 Å². The molecule has 31 heavy (non-hydrogen) atoms. The first-order valence-corrected chi connectivity index (χ1v) is 10.7. The summed E-state index contributed by atoms with van der Waals surface area (Å²) in [4.78, 5) is 14.3. The van der Waals surface area contributed by atoms with Crippen LogP contribution in [-0.2, 0) is 10.4 Å². The SMILES string of the molecule is CC(C)(F)c1noc(N2CCC(OC3CCC(Oc4nccnc4C#N)CC3)CC2)n1. The second-order valence-corrected chi connectivity index (χ2v) is 8.53. The molecule has 166 valence electrons. The quantitative estimate of drug-likeness (QED) is 0.681. The lowest BCUT2D eigenvalue weighted by molar-refractivity contribution is -0.0534. The van der Waals surface area contributed by atoms with Gasteiger partial charge in [-0.25, -0.2) is 14.4 Å². The molecule has 9 nitrogen and oxygen atoms in total. The van der Waals surface area contributed by atoms with Gasteiger partial charge in [-0.2, -0.15) is 10.2 Å². The standard InChI is InChI=1S/C21H27FN6O3/c1-21(2,22)19-26-20(31-27-19)28-11-7-16(8-12-28)29-14-3-5-15(6-4-14)30-18-17(13-23)24-9-10-25-18/h9-10,14-16H,3-8,11-12H2,1-2H3. The van der Waals surface area contributed by atoms with Gasteiger partial charge in [0.1, 0.15) is 12.2 Å². The number of nitrogens with zero attached hydrogens (tertiary/aromatic N) is 6. The van der Waals surface area contributed by atoms with E-state index in [1.165, 1.54) is 26.2 Å². The maximum absolute atomic E-state index is 14.0. The maximum Gasteiger partial charge on any atom is 0.324 e. The predicted octanol–water partition coefficient (Wildman–Crippen LogP) is 3.31. The van der Waals surface area contributed by atoms with Crippen LogP contribution in [0.5, 0.6) is 5.88 Å². The number of rotatable bonds is 6. The minimum absolute atomic E-state index is 0.0250. The van der Waals surface area contributed by atoms with Crippen LogP contribution in [0.1, 0.15) is 63.9 Å². The number of aromatic nitrogens is 4. The Kier molecular flexibility index (Phi) is 6.32. The van der Waals surface area contributed by atoms with E-state index in [9.17, 15) is 4.39 Å². The number of piperidine rings is 1. The third kappa shape index (κ3) is 5.28. The summed E-state index contributed by atoms with van der Waals surface area (Å²) in [5.74, 6) is 0.380. The highest BCUT2D eigenvalue weighted by atomic mass is 19.1. The molecule has 0 atom stereocenters. The molecule has 0 radical (unpaired) electrons. The fraction of sp³-hybridized carbons (Fsp3) is 0.667. The highest BCUT2D eigenvalue weighted by Gasteiger charge is 2.31. The van der Waals surface area contributed by atoms with Crippen molar-refractivity contribution >= 4 is 6.01 Å². The van der Waals surface area contributed by atoms with Gasteiger partial charge in [0.05, 0.1) is 12.2 Å². The fourth-order valence-electron chi connectivity index (χ4n) is 3.97. The molecular weight excluding hydrogens is 403 g/mol. The Morgan fingerprint density at radius 2 is 1.71 bits per heavy atom. The minimum Gasteiger partial charge on any atom is -0.472 e. The van der Waals surface area contributed by atoms with Gasteiger partial charge in [0.2, 0.25) is 11.5 Å². The molecule has 1 saturated heterocycles. The molecule has 0 unspecified atom stereocenters. The Morgan fingerprint density at radius 3 is 2.35 bits per heavy atom.